The van der Waals surface area contributed by atoms with Gasteiger partial charge in [-0.2, -0.15) is 18.3 Å². The molecule has 0 N–H and O–H groups in total. The molecule has 0 aliphatic carbocycles. The second-order valence-corrected chi connectivity index (χ2v) is 8.35. The van der Waals surface area contributed by atoms with E-state index in [2.05, 4.69) is 21.8 Å². The third-order valence-corrected chi connectivity index (χ3v) is 6.04. The molecule has 11 heteroatoms. The van der Waals surface area contributed by atoms with Gasteiger partial charge in [-0.1, -0.05) is 30.8 Å². The summed E-state index contributed by atoms with van der Waals surface area (Å²) in [5.74, 6) is -1.55. The molecule has 0 radical (unpaired) electrons. The maximum Gasteiger partial charge on any atom is 0.453 e. The molecule has 2 aromatic carbocycles. The molecule has 1 aliphatic heterocycles. The van der Waals surface area contributed by atoms with Gasteiger partial charge in [-0.25, -0.2) is 18.7 Å². The monoisotopic (exact) mass is 484 g/mol. The van der Waals surface area contributed by atoms with Crippen molar-refractivity contribution in [2.45, 2.75) is 25.7 Å². The Labute approximate surface area is 196 Å². The molecule has 0 bridgehead atoms. The van der Waals surface area contributed by atoms with Gasteiger partial charge in [0, 0.05) is 36.7 Å². The van der Waals surface area contributed by atoms with Crippen LogP contribution in [0.25, 0.3) is 16.5 Å². The number of benzene rings is 2. The molecule has 0 spiro atoms. The molecular weight excluding hydrogens is 464 g/mol. The van der Waals surface area contributed by atoms with E-state index in [4.69, 9.17) is 0 Å². The summed E-state index contributed by atoms with van der Waals surface area (Å²) in [4.78, 5) is 17.7. The molecule has 0 saturated heterocycles. The fraction of sp³-hybridized carbons (Fsp3) is 0.250. The summed E-state index contributed by atoms with van der Waals surface area (Å²) < 4.78 is 56.2. The first-order valence-corrected chi connectivity index (χ1v) is 10.8. The summed E-state index contributed by atoms with van der Waals surface area (Å²) >= 11 is 0. The van der Waals surface area contributed by atoms with E-state index < -0.39 is 17.8 Å². The van der Waals surface area contributed by atoms with Gasteiger partial charge in [-0.05, 0) is 23.8 Å². The van der Waals surface area contributed by atoms with Crippen LogP contribution in [-0.4, -0.2) is 36.0 Å². The zero-order chi connectivity index (χ0) is 24.9. The van der Waals surface area contributed by atoms with Crippen LogP contribution in [0, 0.1) is 5.82 Å². The molecule has 0 fully saturated rings. The zero-order valence-corrected chi connectivity index (χ0v) is 18.7. The van der Waals surface area contributed by atoms with Crippen LogP contribution in [0.5, 0.6) is 0 Å². The van der Waals surface area contributed by atoms with E-state index >= 15 is 0 Å². The van der Waals surface area contributed by atoms with Gasteiger partial charge in [0.2, 0.25) is 0 Å². The van der Waals surface area contributed by atoms with E-state index in [-0.39, 0.29) is 30.0 Å². The van der Waals surface area contributed by atoms with Gasteiger partial charge >= 0.3 is 6.18 Å². The molecule has 0 unspecified atom stereocenters. The van der Waals surface area contributed by atoms with Crippen molar-refractivity contribution in [3.8, 4) is 0 Å². The molecule has 180 valence electrons. The van der Waals surface area contributed by atoms with Crippen molar-refractivity contribution in [2.24, 2.45) is 7.05 Å². The Morgan fingerprint density at radius 3 is 2.57 bits per heavy atom. The summed E-state index contributed by atoms with van der Waals surface area (Å²) in [6.45, 7) is 4.52. The van der Waals surface area contributed by atoms with Gasteiger partial charge in [0.05, 0.1) is 24.2 Å². The van der Waals surface area contributed by atoms with Crippen molar-refractivity contribution >= 4 is 16.5 Å². The first kappa shape index (κ1) is 22.8. The van der Waals surface area contributed by atoms with Crippen molar-refractivity contribution in [1.29, 1.82) is 0 Å². The van der Waals surface area contributed by atoms with Gasteiger partial charge in [-0.15, -0.1) is 5.10 Å². The molecule has 4 aromatic rings. The van der Waals surface area contributed by atoms with Gasteiger partial charge < -0.3 is 4.90 Å². The van der Waals surface area contributed by atoms with Crippen molar-refractivity contribution in [1.82, 2.24) is 29.4 Å². The first-order valence-electron chi connectivity index (χ1n) is 10.8. The topological polar surface area (TPSA) is 68.8 Å². The van der Waals surface area contributed by atoms with Crippen molar-refractivity contribution in [3.63, 3.8) is 0 Å². The van der Waals surface area contributed by atoms with E-state index in [0.29, 0.717) is 29.7 Å². The quantitative estimate of drug-likeness (QED) is 0.413. The van der Waals surface area contributed by atoms with E-state index in [1.54, 1.807) is 36.2 Å². The molecule has 7 nitrogen and oxygen atoms in total. The van der Waals surface area contributed by atoms with E-state index in [1.165, 1.54) is 15.4 Å². The lowest BCUT2D eigenvalue weighted by molar-refractivity contribution is -0.145. The maximum atomic E-state index is 14.8. The summed E-state index contributed by atoms with van der Waals surface area (Å²) in [6, 6.07) is 11.8. The largest absolute Gasteiger partial charge is 0.453 e. The maximum absolute atomic E-state index is 14.8. The average Bonchev–Trinajstić information content (AvgIpc) is 3.27. The molecule has 0 atom stereocenters. The SMILES string of the molecule is C=C(c1cc(Cc2nn(C)c(=O)c3ccccc23)ccc1F)N1CCn2nc(C(F)(F)F)nc2C1. The van der Waals surface area contributed by atoms with E-state index in [1.807, 2.05) is 12.1 Å². The third kappa shape index (κ3) is 4.17. The second-order valence-electron chi connectivity index (χ2n) is 8.35. The van der Waals surface area contributed by atoms with Crippen LogP contribution in [0.15, 0.2) is 53.8 Å². The highest BCUT2D eigenvalue weighted by Gasteiger charge is 2.38. The van der Waals surface area contributed by atoms with Crippen LogP contribution in [0.2, 0.25) is 0 Å². The Morgan fingerprint density at radius 1 is 1.09 bits per heavy atom. The highest BCUT2D eigenvalue weighted by molar-refractivity contribution is 5.83. The lowest BCUT2D eigenvalue weighted by atomic mass is 10.0. The third-order valence-electron chi connectivity index (χ3n) is 6.04. The first-order chi connectivity index (χ1) is 16.6. The highest BCUT2D eigenvalue weighted by Crippen LogP contribution is 2.30. The minimum Gasteiger partial charge on any atom is -0.362 e. The van der Waals surface area contributed by atoms with Crippen LogP contribution in [-0.2, 0) is 32.7 Å². The standard InChI is InChI=1S/C24H20F4N6O/c1-14(33-9-10-34-21(13-33)29-23(31-34)24(26,27)28)18-11-15(7-8-19(18)25)12-20-16-5-3-4-6-17(16)22(35)32(2)30-20/h3-8,11H,1,9-10,12-13H2,2H3. The number of halogens is 4. The molecule has 35 heavy (non-hydrogen) atoms. The molecule has 0 amide bonds. The Hall–Kier alpha value is -4.02. The van der Waals surface area contributed by atoms with Crippen LogP contribution >= 0.6 is 0 Å². The Kier molecular flexibility index (Phi) is 5.42. The normalized spacial score (nSPS) is 13.8. The number of hydrogen-bond donors (Lipinski definition) is 0. The Balaban J connectivity index is 1.43. The predicted octanol–water partition coefficient (Wildman–Crippen LogP) is 3.76. The number of rotatable bonds is 4. The molecule has 0 saturated carbocycles. The predicted molar refractivity (Wildman–Crippen MR) is 121 cm³/mol. The summed E-state index contributed by atoms with van der Waals surface area (Å²) in [7, 11) is 1.58. The Bertz CT molecular complexity index is 1520. The lowest BCUT2D eigenvalue weighted by Gasteiger charge is -2.30. The highest BCUT2D eigenvalue weighted by atomic mass is 19.4. The van der Waals surface area contributed by atoms with E-state index in [0.717, 1.165) is 10.9 Å². The number of aryl methyl sites for hydroxylation is 1. The van der Waals surface area contributed by atoms with Crippen molar-refractivity contribution in [2.75, 3.05) is 6.54 Å². The fourth-order valence-electron chi connectivity index (χ4n) is 4.26. The van der Waals surface area contributed by atoms with Crippen LogP contribution in [0.3, 0.4) is 0 Å². The summed E-state index contributed by atoms with van der Waals surface area (Å²) in [5.41, 5.74) is 1.78. The number of fused-ring (bicyclic) bond motifs is 2. The lowest BCUT2D eigenvalue weighted by Crippen LogP contribution is -2.33. The number of nitrogens with zero attached hydrogens (tertiary/aromatic N) is 6. The number of alkyl halides is 3. The molecule has 1 aliphatic rings. The van der Waals surface area contributed by atoms with Gasteiger partial charge in [0.1, 0.15) is 11.6 Å². The fourth-order valence-corrected chi connectivity index (χ4v) is 4.26. The van der Waals surface area contributed by atoms with Crippen LogP contribution in [0.4, 0.5) is 17.6 Å². The smallest absolute Gasteiger partial charge is 0.362 e. The average molecular weight is 484 g/mol. The second kappa shape index (κ2) is 8.33. The van der Waals surface area contributed by atoms with Crippen LogP contribution in [0.1, 0.15) is 28.5 Å². The zero-order valence-electron chi connectivity index (χ0n) is 18.7. The molecule has 2 aromatic heterocycles. The van der Waals surface area contributed by atoms with Crippen LogP contribution < -0.4 is 5.56 Å². The number of hydrogen-bond acceptors (Lipinski definition) is 5. The van der Waals surface area contributed by atoms with Crippen molar-refractivity contribution in [3.05, 3.63) is 93.7 Å². The summed E-state index contributed by atoms with van der Waals surface area (Å²) in [6.07, 6.45) is -4.29. The molecular formula is C24H20F4N6O. The van der Waals surface area contributed by atoms with Gasteiger partial charge in [-0.3, -0.25) is 4.79 Å². The number of aromatic nitrogens is 5. The molecule has 3 heterocycles. The van der Waals surface area contributed by atoms with Crippen molar-refractivity contribution < 1.29 is 17.6 Å². The van der Waals surface area contributed by atoms with Gasteiger partial charge in [0.15, 0.2) is 0 Å². The summed E-state index contributed by atoms with van der Waals surface area (Å²) in [5, 5.41) is 9.18. The minimum absolute atomic E-state index is 0.0264. The minimum atomic E-state index is -4.63. The molecule has 5 rings (SSSR count). The van der Waals surface area contributed by atoms with E-state index in [9.17, 15) is 22.4 Å². The Morgan fingerprint density at radius 2 is 1.83 bits per heavy atom. The van der Waals surface area contributed by atoms with Gasteiger partial charge in [0.25, 0.3) is 11.4 Å².